The number of halogens is 1. The molecule has 0 radical (unpaired) electrons. The van der Waals surface area contributed by atoms with Gasteiger partial charge in [0, 0.05) is 5.75 Å². The zero-order valence-electron chi connectivity index (χ0n) is 11.3. The predicted molar refractivity (Wildman–Crippen MR) is 78.9 cm³/mol. The number of ether oxygens (including phenoxy) is 1. The van der Waals surface area contributed by atoms with Crippen LogP contribution >= 0.6 is 0 Å². The van der Waals surface area contributed by atoms with Crippen LogP contribution in [-0.4, -0.2) is 16.6 Å². The molecule has 2 aromatic carbocycles. The van der Waals surface area contributed by atoms with E-state index in [1.165, 1.54) is 12.1 Å². The lowest BCUT2D eigenvalue weighted by Gasteiger charge is -2.07. The van der Waals surface area contributed by atoms with Gasteiger partial charge in [-0.2, -0.15) is 5.26 Å². The Hall–Kier alpha value is -2.19. The monoisotopic (exact) mass is 303 g/mol. The first-order valence-electron chi connectivity index (χ1n) is 6.47. The molecule has 108 valence electrons. The van der Waals surface area contributed by atoms with Gasteiger partial charge in [0.15, 0.2) is 0 Å². The normalized spacial score (nSPS) is 11.6. The minimum Gasteiger partial charge on any atom is -0.492 e. The topological polar surface area (TPSA) is 50.1 Å². The van der Waals surface area contributed by atoms with Crippen LogP contribution in [0.4, 0.5) is 4.39 Å². The molecular formula is C16H14FNO2S. The van der Waals surface area contributed by atoms with Crippen molar-refractivity contribution in [1.29, 1.82) is 5.26 Å². The Morgan fingerprint density at radius 2 is 1.86 bits per heavy atom. The lowest BCUT2D eigenvalue weighted by Crippen LogP contribution is -2.06. The van der Waals surface area contributed by atoms with E-state index in [1.54, 1.807) is 36.4 Å². The molecule has 1 atom stereocenters. The number of benzene rings is 2. The molecule has 0 aromatic heterocycles. The third-order valence-corrected chi connectivity index (χ3v) is 4.30. The Bertz CT molecular complexity index is 682. The van der Waals surface area contributed by atoms with Crippen LogP contribution in [-0.2, 0) is 10.8 Å². The van der Waals surface area contributed by atoms with Crippen molar-refractivity contribution in [3.05, 3.63) is 59.9 Å². The summed E-state index contributed by atoms with van der Waals surface area (Å²) in [5, 5.41) is 8.92. The maximum atomic E-state index is 13.5. The largest absolute Gasteiger partial charge is 0.492 e. The van der Waals surface area contributed by atoms with Crippen molar-refractivity contribution >= 4 is 10.8 Å². The van der Waals surface area contributed by atoms with Gasteiger partial charge >= 0.3 is 0 Å². The molecule has 2 rings (SSSR count). The van der Waals surface area contributed by atoms with Crippen LogP contribution in [0.5, 0.6) is 5.75 Å². The highest BCUT2D eigenvalue weighted by Gasteiger charge is 2.09. The van der Waals surface area contributed by atoms with Gasteiger partial charge in [-0.05, 0) is 30.7 Å². The molecule has 1 unspecified atom stereocenters. The molecular weight excluding hydrogens is 289 g/mol. The molecule has 0 aliphatic rings. The van der Waals surface area contributed by atoms with E-state index in [-0.39, 0.29) is 4.90 Å². The highest BCUT2D eigenvalue weighted by Crippen LogP contribution is 2.17. The zero-order valence-corrected chi connectivity index (χ0v) is 12.1. The van der Waals surface area contributed by atoms with E-state index in [9.17, 15) is 8.60 Å². The van der Waals surface area contributed by atoms with Crippen LogP contribution in [0.3, 0.4) is 0 Å². The molecule has 5 heteroatoms. The predicted octanol–water partition coefficient (Wildman–Crippen LogP) is 3.27. The van der Waals surface area contributed by atoms with Crippen LogP contribution in [0.2, 0.25) is 0 Å². The lowest BCUT2D eigenvalue weighted by molar-refractivity contribution is 0.317. The number of hydrogen-bond acceptors (Lipinski definition) is 3. The van der Waals surface area contributed by atoms with E-state index >= 15 is 0 Å². The van der Waals surface area contributed by atoms with Crippen LogP contribution in [0, 0.1) is 17.1 Å². The van der Waals surface area contributed by atoms with Crippen molar-refractivity contribution in [3.63, 3.8) is 0 Å². The van der Waals surface area contributed by atoms with Crippen molar-refractivity contribution in [2.45, 2.75) is 11.3 Å². The molecule has 0 aliphatic carbocycles. The van der Waals surface area contributed by atoms with Crippen molar-refractivity contribution in [1.82, 2.24) is 0 Å². The van der Waals surface area contributed by atoms with Gasteiger partial charge in [-0.1, -0.05) is 24.3 Å². The van der Waals surface area contributed by atoms with Crippen molar-refractivity contribution < 1.29 is 13.3 Å². The second-order valence-electron chi connectivity index (χ2n) is 4.29. The molecule has 3 nitrogen and oxygen atoms in total. The summed E-state index contributed by atoms with van der Waals surface area (Å²) in [6.45, 7) is 0.332. The Balaban J connectivity index is 1.84. The Labute approximate surface area is 125 Å². The van der Waals surface area contributed by atoms with Crippen molar-refractivity contribution in [3.8, 4) is 11.8 Å². The van der Waals surface area contributed by atoms with Gasteiger partial charge in [0.2, 0.25) is 0 Å². The number of para-hydroxylation sites is 1. The second-order valence-corrected chi connectivity index (χ2v) is 5.83. The zero-order chi connectivity index (χ0) is 15.1. The first-order valence-corrected chi connectivity index (χ1v) is 7.79. The number of hydrogen-bond donors (Lipinski definition) is 0. The van der Waals surface area contributed by atoms with Gasteiger partial charge in [0.1, 0.15) is 17.6 Å². The summed E-state index contributed by atoms with van der Waals surface area (Å²) in [4.78, 5) is 0.218. The van der Waals surface area contributed by atoms with Crippen LogP contribution in [0.15, 0.2) is 53.4 Å². The van der Waals surface area contributed by atoms with Crippen molar-refractivity contribution in [2.75, 3.05) is 12.4 Å². The average molecular weight is 303 g/mol. The first-order chi connectivity index (χ1) is 10.2. The molecule has 21 heavy (non-hydrogen) atoms. The fraction of sp³-hybridized carbons (Fsp3) is 0.188. The summed E-state index contributed by atoms with van der Waals surface area (Å²) in [7, 11) is -1.38. The fourth-order valence-corrected chi connectivity index (χ4v) is 2.91. The van der Waals surface area contributed by atoms with Gasteiger partial charge in [0.25, 0.3) is 0 Å². The minimum absolute atomic E-state index is 0.218. The Morgan fingerprint density at radius 1 is 1.14 bits per heavy atom. The first kappa shape index (κ1) is 15.2. The quantitative estimate of drug-likeness (QED) is 0.770. The third kappa shape index (κ3) is 4.14. The standard InChI is InChI=1S/C16H14FNO2S/c17-14-7-2-4-9-16(14)21(19)11-5-10-20-15-8-3-1-6-13(15)12-18/h1-4,6-9H,5,10-11H2. The maximum Gasteiger partial charge on any atom is 0.139 e. The SMILES string of the molecule is N#Cc1ccccc1OCCCS(=O)c1ccccc1F. The minimum atomic E-state index is -1.38. The molecule has 0 heterocycles. The summed E-state index contributed by atoms with van der Waals surface area (Å²) in [5.74, 6) is 0.374. The second kappa shape index (κ2) is 7.55. The Kier molecular flexibility index (Phi) is 5.47. The molecule has 0 saturated heterocycles. The molecule has 0 aliphatic heterocycles. The fourth-order valence-electron chi connectivity index (χ4n) is 1.80. The highest BCUT2D eigenvalue weighted by atomic mass is 32.2. The molecule has 0 amide bonds. The van der Waals surface area contributed by atoms with E-state index in [0.29, 0.717) is 30.1 Å². The molecule has 0 N–H and O–H groups in total. The Morgan fingerprint density at radius 3 is 2.62 bits per heavy atom. The summed E-state index contributed by atoms with van der Waals surface area (Å²) >= 11 is 0. The maximum absolute atomic E-state index is 13.5. The van der Waals surface area contributed by atoms with E-state index < -0.39 is 16.6 Å². The molecule has 2 aromatic rings. The van der Waals surface area contributed by atoms with Gasteiger partial charge in [-0.3, -0.25) is 4.21 Å². The van der Waals surface area contributed by atoms with Gasteiger partial charge in [-0.15, -0.1) is 0 Å². The van der Waals surface area contributed by atoms with Gasteiger partial charge in [-0.25, -0.2) is 4.39 Å². The van der Waals surface area contributed by atoms with Crippen LogP contribution in [0.25, 0.3) is 0 Å². The van der Waals surface area contributed by atoms with E-state index in [2.05, 4.69) is 0 Å². The van der Waals surface area contributed by atoms with Crippen molar-refractivity contribution in [2.24, 2.45) is 0 Å². The highest BCUT2D eigenvalue weighted by molar-refractivity contribution is 7.85. The number of nitriles is 1. The third-order valence-electron chi connectivity index (χ3n) is 2.82. The number of nitrogens with zero attached hydrogens (tertiary/aromatic N) is 1. The average Bonchev–Trinajstić information content (AvgIpc) is 2.52. The molecule has 0 saturated carbocycles. The van der Waals surface area contributed by atoms with E-state index in [1.807, 2.05) is 6.07 Å². The van der Waals surface area contributed by atoms with E-state index in [0.717, 1.165) is 0 Å². The van der Waals surface area contributed by atoms with E-state index in [4.69, 9.17) is 10.00 Å². The van der Waals surface area contributed by atoms with Crippen LogP contribution < -0.4 is 4.74 Å². The summed E-state index contributed by atoms with van der Waals surface area (Å²) in [6, 6.07) is 15.0. The smallest absolute Gasteiger partial charge is 0.139 e. The summed E-state index contributed by atoms with van der Waals surface area (Å²) in [5.41, 5.74) is 0.465. The molecule has 0 bridgehead atoms. The lowest BCUT2D eigenvalue weighted by atomic mass is 10.2. The molecule has 0 spiro atoms. The number of rotatable bonds is 6. The van der Waals surface area contributed by atoms with Gasteiger partial charge < -0.3 is 4.74 Å². The van der Waals surface area contributed by atoms with Gasteiger partial charge in [0.05, 0.1) is 27.9 Å². The van der Waals surface area contributed by atoms with Crippen LogP contribution in [0.1, 0.15) is 12.0 Å². The molecule has 0 fully saturated rings. The summed E-state index contributed by atoms with van der Waals surface area (Å²) in [6.07, 6.45) is 0.515. The summed E-state index contributed by atoms with van der Waals surface area (Å²) < 4.78 is 30.9.